The molecule has 0 amide bonds. The molecule has 0 radical (unpaired) electrons. The topological polar surface area (TPSA) is 46.5 Å². The van der Waals surface area contributed by atoms with Crippen molar-refractivity contribution in [3.05, 3.63) is 0 Å². The molecule has 1 N–H and O–H groups in total. The van der Waals surface area contributed by atoms with Crippen molar-refractivity contribution in [2.45, 2.75) is 52.7 Å². The monoisotopic (exact) mass is 200 g/mol. The van der Waals surface area contributed by atoms with Crippen LogP contribution in [0.4, 0.5) is 0 Å². The van der Waals surface area contributed by atoms with Crippen molar-refractivity contribution in [1.29, 1.82) is 0 Å². The van der Waals surface area contributed by atoms with E-state index in [2.05, 4.69) is 0 Å². The Morgan fingerprint density at radius 2 is 2.14 bits per heavy atom. The lowest BCUT2D eigenvalue weighted by atomic mass is 9.87. The minimum absolute atomic E-state index is 0.190. The lowest BCUT2D eigenvalue weighted by molar-refractivity contribution is -0.150. The minimum atomic E-state index is -0.513. The molecule has 0 saturated carbocycles. The lowest BCUT2D eigenvalue weighted by Crippen LogP contribution is -2.27. The fourth-order valence-electron chi connectivity index (χ4n) is 1.77. The van der Waals surface area contributed by atoms with E-state index in [0.29, 0.717) is 18.8 Å². The average Bonchev–Trinajstić information content (AvgIpc) is 2.25. The summed E-state index contributed by atoms with van der Waals surface area (Å²) in [5, 5.41) is 9.79. The van der Waals surface area contributed by atoms with Crippen LogP contribution >= 0.6 is 0 Å². The molecule has 3 nitrogen and oxygen atoms in total. The molecule has 0 spiro atoms. The summed E-state index contributed by atoms with van der Waals surface area (Å²) in [7, 11) is 0. The highest BCUT2D eigenvalue weighted by molar-refractivity contribution is 5.78. The number of hydrogen-bond acceptors (Lipinski definition) is 3. The third-order valence-electron chi connectivity index (χ3n) is 2.66. The van der Waals surface area contributed by atoms with Crippen molar-refractivity contribution in [2.75, 3.05) is 0 Å². The molecule has 14 heavy (non-hydrogen) atoms. The maximum Gasteiger partial charge on any atom is 0.312 e. The van der Waals surface area contributed by atoms with Crippen LogP contribution in [-0.2, 0) is 9.53 Å². The second-order valence-corrected chi connectivity index (χ2v) is 5.23. The number of cyclic esters (lactones) is 1. The van der Waals surface area contributed by atoms with Crippen LogP contribution in [-0.4, -0.2) is 23.3 Å². The first kappa shape index (κ1) is 11.5. The molecular weight excluding hydrogens is 180 g/mol. The molecule has 1 aliphatic heterocycles. The fraction of sp³-hybridized carbons (Fsp3) is 0.909. The molecule has 3 heteroatoms. The largest absolute Gasteiger partial charge is 0.459 e. The van der Waals surface area contributed by atoms with Gasteiger partial charge in [-0.15, -0.1) is 0 Å². The van der Waals surface area contributed by atoms with Gasteiger partial charge in [0.2, 0.25) is 0 Å². The van der Waals surface area contributed by atoms with Gasteiger partial charge in [-0.25, -0.2) is 0 Å². The highest BCUT2D eigenvalue weighted by Gasteiger charge is 2.44. The van der Waals surface area contributed by atoms with Crippen molar-refractivity contribution in [3.63, 3.8) is 0 Å². The summed E-state index contributed by atoms with van der Waals surface area (Å²) in [6.07, 6.45) is 0.494. The zero-order chi connectivity index (χ0) is 10.9. The van der Waals surface area contributed by atoms with Crippen LogP contribution in [0.5, 0.6) is 0 Å². The summed E-state index contributed by atoms with van der Waals surface area (Å²) in [6.45, 7) is 7.81. The summed E-state index contributed by atoms with van der Waals surface area (Å²) in [4.78, 5) is 11.4. The number of aliphatic hydroxyl groups is 1. The number of carbonyl (C=O) groups excluding carboxylic acids is 1. The lowest BCUT2D eigenvalue weighted by Gasteiger charge is -2.18. The maximum atomic E-state index is 11.4. The predicted octanol–water partition coefficient (Wildman–Crippen LogP) is 1.74. The van der Waals surface area contributed by atoms with E-state index in [1.165, 1.54) is 0 Å². The number of aliphatic hydroxyl groups excluding tert-OH is 1. The van der Waals surface area contributed by atoms with Gasteiger partial charge in [-0.1, -0.05) is 13.8 Å². The highest BCUT2D eigenvalue weighted by atomic mass is 16.6. The number of rotatable bonds is 3. The third-order valence-corrected chi connectivity index (χ3v) is 2.66. The van der Waals surface area contributed by atoms with Crippen LogP contribution in [0.2, 0.25) is 0 Å². The SMILES string of the molecule is CC(C)CC(O)C1CC(C)(C)C(=O)O1. The standard InChI is InChI=1S/C11H20O3/c1-7(2)5-8(12)9-6-11(3,4)10(13)14-9/h7-9,12H,5-6H2,1-4H3. The van der Waals surface area contributed by atoms with E-state index < -0.39 is 11.5 Å². The summed E-state index contributed by atoms with van der Waals surface area (Å²) in [6, 6.07) is 0. The molecule has 0 aromatic carbocycles. The van der Waals surface area contributed by atoms with Crippen molar-refractivity contribution >= 4 is 5.97 Å². The normalized spacial score (nSPS) is 27.9. The summed E-state index contributed by atoms with van der Waals surface area (Å²) in [5.41, 5.74) is -0.428. The van der Waals surface area contributed by atoms with E-state index in [4.69, 9.17) is 4.74 Å². The molecule has 1 heterocycles. The van der Waals surface area contributed by atoms with Gasteiger partial charge in [-0.2, -0.15) is 0 Å². The quantitative estimate of drug-likeness (QED) is 0.706. The van der Waals surface area contributed by atoms with Gasteiger partial charge < -0.3 is 9.84 Å². The van der Waals surface area contributed by atoms with Gasteiger partial charge in [0.25, 0.3) is 0 Å². The second-order valence-electron chi connectivity index (χ2n) is 5.23. The summed E-state index contributed by atoms with van der Waals surface area (Å²) >= 11 is 0. The first-order valence-electron chi connectivity index (χ1n) is 5.22. The molecule has 0 aromatic heterocycles. The van der Waals surface area contributed by atoms with E-state index in [1.54, 1.807) is 0 Å². The van der Waals surface area contributed by atoms with Gasteiger partial charge in [0, 0.05) is 6.42 Å². The first-order valence-corrected chi connectivity index (χ1v) is 5.22. The van der Waals surface area contributed by atoms with Gasteiger partial charge in [0.05, 0.1) is 11.5 Å². The van der Waals surface area contributed by atoms with Crippen molar-refractivity contribution < 1.29 is 14.6 Å². The van der Waals surface area contributed by atoms with Gasteiger partial charge >= 0.3 is 5.97 Å². The van der Waals surface area contributed by atoms with Gasteiger partial charge in [0.15, 0.2) is 0 Å². The number of hydrogen-bond donors (Lipinski definition) is 1. The van der Waals surface area contributed by atoms with Crippen LogP contribution in [0.3, 0.4) is 0 Å². The molecule has 0 aromatic rings. The van der Waals surface area contributed by atoms with Crippen LogP contribution in [0, 0.1) is 11.3 Å². The third kappa shape index (κ3) is 2.47. The molecule has 0 aliphatic carbocycles. The Morgan fingerprint density at radius 1 is 1.57 bits per heavy atom. The van der Waals surface area contributed by atoms with Crippen molar-refractivity contribution in [2.24, 2.45) is 11.3 Å². The van der Waals surface area contributed by atoms with E-state index in [-0.39, 0.29) is 12.1 Å². The van der Waals surface area contributed by atoms with E-state index in [0.717, 1.165) is 0 Å². The number of carbonyl (C=O) groups is 1. The Labute approximate surface area is 85.5 Å². The molecule has 1 fully saturated rings. The predicted molar refractivity (Wildman–Crippen MR) is 53.7 cm³/mol. The summed E-state index contributed by atoms with van der Waals surface area (Å²) < 4.78 is 5.15. The second kappa shape index (κ2) is 3.89. The molecular formula is C11H20O3. The number of esters is 1. The minimum Gasteiger partial charge on any atom is -0.459 e. The Morgan fingerprint density at radius 3 is 2.50 bits per heavy atom. The molecule has 1 saturated heterocycles. The van der Waals surface area contributed by atoms with Crippen LogP contribution in [0.15, 0.2) is 0 Å². The van der Waals surface area contributed by atoms with Gasteiger partial charge in [0.1, 0.15) is 6.10 Å². The van der Waals surface area contributed by atoms with E-state index >= 15 is 0 Å². The Kier molecular flexibility index (Phi) is 3.20. The van der Waals surface area contributed by atoms with Gasteiger partial charge in [-0.3, -0.25) is 4.79 Å². The average molecular weight is 200 g/mol. The first-order chi connectivity index (χ1) is 6.33. The van der Waals surface area contributed by atoms with Crippen LogP contribution in [0.1, 0.15) is 40.5 Å². The van der Waals surface area contributed by atoms with Crippen LogP contribution in [0.25, 0.3) is 0 Å². The smallest absolute Gasteiger partial charge is 0.312 e. The van der Waals surface area contributed by atoms with Crippen molar-refractivity contribution in [3.8, 4) is 0 Å². The van der Waals surface area contributed by atoms with Crippen LogP contribution < -0.4 is 0 Å². The maximum absolute atomic E-state index is 11.4. The fourth-order valence-corrected chi connectivity index (χ4v) is 1.77. The van der Waals surface area contributed by atoms with Gasteiger partial charge in [-0.05, 0) is 26.2 Å². The highest BCUT2D eigenvalue weighted by Crippen LogP contribution is 2.35. The van der Waals surface area contributed by atoms with E-state index in [1.807, 2.05) is 27.7 Å². The molecule has 1 aliphatic rings. The zero-order valence-electron chi connectivity index (χ0n) is 9.41. The zero-order valence-corrected chi connectivity index (χ0v) is 9.41. The molecule has 82 valence electrons. The van der Waals surface area contributed by atoms with E-state index in [9.17, 15) is 9.90 Å². The van der Waals surface area contributed by atoms with Crippen molar-refractivity contribution in [1.82, 2.24) is 0 Å². The Bertz CT molecular complexity index is 221. The molecule has 2 unspecified atom stereocenters. The number of ether oxygens (including phenoxy) is 1. The summed E-state index contributed by atoms with van der Waals surface area (Å²) in [5.74, 6) is 0.234. The molecule has 1 rings (SSSR count). The molecule has 0 bridgehead atoms. The Balaban J connectivity index is 2.53. The molecule has 2 atom stereocenters. The Hall–Kier alpha value is -0.570.